The number of carbonyl (C=O) groups excluding carboxylic acids is 1. The summed E-state index contributed by atoms with van der Waals surface area (Å²) in [7, 11) is -4.31. The zero-order chi connectivity index (χ0) is 23.6. The number of esters is 1. The Morgan fingerprint density at radius 3 is 1.91 bits per heavy atom. The summed E-state index contributed by atoms with van der Waals surface area (Å²) >= 11 is 0. The number of ether oxygens (including phenoxy) is 1. The molecular formula is C17H18N3O11P. The quantitative estimate of drug-likeness (QED) is 0.148. The number of benzene rings is 2. The van der Waals surface area contributed by atoms with Crippen LogP contribution in [0.5, 0.6) is 11.5 Å². The van der Waals surface area contributed by atoms with Gasteiger partial charge in [0.25, 0.3) is 11.4 Å². The van der Waals surface area contributed by atoms with E-state index in [1.54, 1.807) is 6.92 Å². The van der Waals surface area contributed by atoms with Gasteiger partial charge in [-0.05, 0) is 19.1 Å². The summed E-state index contributed by atoms with van der Waals surface area (Å²) in [6, 6.07) is 9.64. The van der Waals surface area contributed by atoms with Gasteiger partial charge in [-0.15, -0.1) is 0 Å². The van der Waals surface area contributed by atoms with Crippen molar-refractivity contribution in [3.05, 3.63) is 68.8 Å². The Balaban J connectivity index is 2.09. The van der Waals surface area contributed by atoms with Crippen molar-refractivity contribution in [2.24, 2.45) is 0 Å². The Morgan fingerprint density at radius 2 is 1.47 bits per heavy atom. The van der Waals surface area contributed by atoms with Gasteiger partial charge < -0.3 is 14.5 Å². The van der Waals surface area contributed by atoms with Crippen molar-refractivity contribution >= 4 is 24.9 Å². The van der Waals surface area contributed by atoms with Gasteiger partial charge in [-0.2, -0.15) is 0 Å². The van der Waals surface area contributed by atoms with E-state index >= 15 is 0 Å². The van der Waals surface area contributed by atoms with Gasteiger partial charge >= 0.3 is 13.6 Å². The third kappa shape index (κ3) is 7.92. The molecule has 15 heteroatoms. The van der Waals surface area contributed by atoms with Gasteiger partial charge in [0.15, 0.2) is 11.5 Å². The lowest BCUT2D eigenvalue weighted by atomic mass is 10.3. The topological polar surface area (TPSA) is 179 Å². The Bertz CT molecular complexity index is 951. The summed E-state index contributed by atoms with van der Waals surface area (Å²) in [4.78, 5) is 41.6. The molecule has 0 atom stereocenters. The molecule has 0 aliphatic rings. The van der Waals surface area contributed by atoms with Crippen molar-refractivity contribution in [1.82, 2.24) is 5.32 Å². The molecule has 0 radical (unpaired) electrons. The van der Waals surface area contributed by atoms with Crippen LogP contribution in [0.2, 0.25) is 0 Å². The van der Waals surface area contributed by atoms with Crippen molar-refractivity contribution in [1.29, 1.82) is 0 Å². The summed E-state index contributed by atoms with van der Waals surface area (Å²) in [5.74, 6) is -0.967. The van der Waals surface area contributed by atoms with Crippen LogP contribution in [-0.2, 0) is 23.4 Å². The van der Waals surface area contributed by atoms with Crippen LogP contribution in [0.4, 0.5) is 11.4 Å². The molecule has 14 nitrogen and oxygen atoms in total. The second-order valence-corrected chi connectivity index (χ2v) is 7.66. The van der Waals surface area contributed by atoms with Gasteiger partial charge in [-0.25, -0.2) is 0 Å². The lowest BCUT2D eigenvalue weighted by Gasteiger charge is -2.16. The normalized spacial score (nSPS) is 10.9. The van der Waals surface area contributed by atoms with E-state index in [-0.39, 0.29) is 36.0 Å². The summed E-state index contributed by atoms with van der Waals surface area (Å²) < 4.78 is 27.3. The molecule has 2 rings (SSSR count). The molecule has 0 saturated heterocycles. The molecule has 0 bridgehead atoms. The molecule has 0 spiro atoms. The van der Waals surface area contributed by atoms with Crippen LogP contribution in [0.3, 0.4) is 0 Å². The minimum absolute atomic E-state index is 0.136. The highest BCUT2D eigenvalue weighted by Gasteiger charge is 2.31. The number of nitro groups is 2. The molecule has 1 N–H and O–H groups in total. The van der Waals surface area contributed by atoms with Gasteiger partial charge in [0.1, 0.15) is 6.29 Å². The van der Waals surface area contributed by atoms with E-state index in [2.05, 4.69) is 5.32 Å². The third-order valence-corrected chi connectivity index (χ3v) is 4.65. The zero-order valence-electron chi connectivity index (χ0n) is 16.6. The molecule has 0 aliphatic carbocycles. The lowest BCUT2D eigenvalue weighted by Crippen LogP contribution is -2.27. The second-order valence-electron chi connectivity index (χ2n) is 5.83. The number of non-ortho nitro benzene ring substituents is 2. The zero-order valence-corrected chi connectivity index (χ0v) is 17.5. The molecule has 172 valence electrons. The fraction of sp³-hybridized carbons (Fsp3) is 0.235. The molecule has 0 aliphatic heterocycles. The van der Waals surface area contributed by atoms with E-state index in [0.29, 0.717) is 0 Å². The lowest BCUT2D eigenvalue weighted by molar-refractivity contribution is -0.385. The van der Waals surface area contributed by atoms with Gasteiger partial charge in [0, 0.05) is 12.1 Å². The first kappa shape index (κ1) is 24.7. The van der Waals surface area contributed by atoms with Crippen LogP contribution in [0.1, 0.15) is 6.92 Å². The largest absolute Gasteiger partial charge is 0.465 e. The first-order valence-corrected chi connectivity index (χ1v) is 10.6. The molecule has 2 aromatic rings. The first-order valence-electron chi connectivity index (χ1n) is 8.89. The molecule has 2 aromatic carbocycles. The fourth-order valence-corrected chi connectivity index (χ4v) is 2.98. The number of hydrogen-bond donors (Lipinski definition) is 1. The predicted molar refractivity (Wildman–Crippen MR) is 107 cm³/mol. The van der Waals surface area contributed by atoms with Gasteiger partial charge in [-0.1, -0.05) is 21.5 Å². The smallest absolute Gasteiger partial charge is 0.418 e. The third-order valence-electron chi connectivity index (χ3n) is 3.43. The molecular weight excluding hydrogens is 453 g/mol. The molecule has 0 saturated carbocycles. The number of nitrogens with zero attached hydrogens (tertiary/aromatic N) is 2. The Labute approximate surface area is 180 Å². The predicted octanol–water partition coefficient (Wildman–Crippen LogP) is 3.13. The monoisotopic (exact) mass is 471 g/mol. The minimum Gasteiger partial charge on any atom is -0.465 e. The van der Waals surface area contributed by atoms with Crippen molar-refractivity contribution in [2.45, 2.75) is 6.92 Å². The maximum absolute atomic E-state index is 13.0. The Hall–Kier alpha value is -3.58. The fourth-order valence-electron chi connectivity index (χ4n) is 2.07. The van der Waals surface area contributed by atoms with Gasteiger partial charge in [-0.3, -0.25) is 34.9 Å². The molecule has 0 amide bonds. The molecule has 0 unspecified atom stereocenters. The van der Waals surface area contributed by atoms with Crippen LogP contribution in [0, 0.1) is 20.2 Å². The van der Waals surface area contributed by atoms with E-state index in [9.17, 15) is 29.6 Å². The molecule has 0 heterocycles. The number of nitrogens with one attached hydrogen (secondary N) is 1. The highest BCUT2D eigenvalue weighted by molar-refractivity contribution is 7.53. The number of nitro benzene ring substituents is 2. The number of carbonyl (C=O) groups is 1. The average molecular weight is 471 g/mol. The van der Waals surface area contributed by atoms with Crippen LogP contribution in [0.25, 0.3) is 0 Å². The van der Waals surface area contributed by atoms with E-state index in [1.807, 2.05) is 0 Å². The van der Waals surface area contributed by atoms with E-state index in [0.717, 1.165) is 12.1 Å². The summed E-state index contributed by atoms with van der Waals surface area (Å²) in [5, 5.41) is 24.2. The Morgan fingerprint density at radius 1 is 0.969 bits per heavy atom. The van der Waals surface area contributed by atoms with Gasteiger partial charge in [0.2, 0.25) is 0 Å². The SMILES string of the molecule is CCOC(=O)CNCP(=O)(OOc1cccc([N+](=O)[O-])c1)OOc1cccc([N+](=O)[O-])c1. The van der Waals surface area contributed by atoms with Crippen LogP contribution in [-0.4, -0.2) is 35.3 Å². The number of rotatable bonds is 13. The van der Waals surface area contributed by atoms with Gasteiger partial charge in [0.05, 0.1) is 35.1 Å². The molecule has 32 heavy (non-hydrogen) atoms. The minimum atomic E-state index is -4.31. The van der Waals surface area contributed by atoms with Crippen molar-refractivity contribution in [3.63, 3.8) is 0 Å². The highest BCUT2D eigenvalue weighted by atomic mass is 31.2. The number of hydrogen-bond acceptors (Lipinski definition) is 12. The van der Waals surface area contributed by atoms with Crippen LogP contribution < -0.4 is 15.1 Å². The first-order chi connectivity index (χ1) is 15.2. The van der Waals surface area contributed by atoms with E-state index < -0.39 is 29.7 Å². The average Bonchev–Trinajstić information content (AvgIpc) is 2.77. The standard InChI is InChI=1S/C17H18N3O11P/c1-2-27-17(21)11-18-12-32(26,30-28-15-7-3-5-13(9-15)19(22)23)31-29-16-8-4-6-14(10-16)20(24)25/h3-10,18H,2,11-12H2,1H3. The summed E-state index contributed by atoms with van der Waals surface area (Å²) in [6.45, 7) is 1.39. The van der Waals surface area contributed by atoms with Crippen molar-refractivity contribution < 1.29 is 43.1 Å². The summed E-state index contributed by atoms with van der Waals surface area (Å²) in [6.07, 6.45) is -0.602. The molecule has 0 fully saturated rings. The van der Waals surface area contributed by atoms with Crippen molar-refractivity contribution in [3.8, 4) is 11.5 Å². The maximum atomic E-state index is 13.0. The second kappa shape index (κ2) is 11.7. The van der Waals surface area contributed by atoms with Crippen molar-refractivity contribution in [2.75, 3.05) is 19.4 Å². The van der Waals surface area contributed by atoms with E-state index in [4.69, 9.17) is 23.9 Å². The summed E-state index contributed by atoms with van der Waals surface area (Å²) in [5.41, 5.74) is -0.620. The highest BCUT2D eigenvalue weighted by Crippen LogP contribution is 2.48. The maximum Gasteiger partial charge on any atom is 0.418 e. The van der Waals surface area contributed by atoms with Crippen LogP contribution >= 0.6 is 7.60 Å². The Kier molecular flexibility index (Phi) is 9.04. The molecule has 0 aromatic heterocycles. The van der Waals surface area contributed by atoms with E-state index in [1.165, 1.54) is 36.4 Å². The van der Waals surface area contributed by atoms with Crippen LogP contribution in [0.15, 0.2) is 48.5 Å².